The van der Waals surface area contributed by atoms with E-state index in [-0.39, 0.29) is 5.69 Å². The van der Waals surface area contributed by atoms with E-state index in [0.29, 0.717) is 12.2 Å². The minimum absolute atomic E-state index is 0.229. The van der Waals surface area contributed by atoms with Crippen LogP contribution in [0.15, 0.2) is 6.33 Å². The van der Waals surface area contributed by atoms with Crippen LogP contribution in [-0.4, -0.2) is 41.3 Å². The third-order valence-electron chi connectivity index (χ3n) is 2.86. The van der Waals surface area contributed by atoms with Crippen LogP contribution >= 0.6 is 0 Å². The largest absolute Gasteiger partial charge is 0.455 e. The van der Waals surface area contributed by atoms with Crippen molar-refractivity contribution in [2.24, 2.45) is 0 Å². The first-order chi connectivity index (χ1) is 9.81. The van der Waals surface area contributed by atoms with E-state index in [1.54, 1.807) is 16.3 Å². The van der Waals surface area contributed by atoms with E-state index in [1.807, 2.05) is 27.7 Å². The van der Waals surface area contributed by atoms with Crippen LogP contribution in [0.1, 0.15) is 49.7 Å². The van der Waals surface area contributed by atoms with Gasteiger partial charge in [-0.3, -0.25) is 0 Å². The maximum absolute atomic E-state index is 12.0. The Morgan fingerprint density at radius 1 is 1.33 bits per heavy atom. The lowest BCUT2D eigenvalue weighted by Crippen LogP contribution is -2.24. The van der Waals surface area contributed by atoms with Crippen LogP contribution in [0.5, 0.6) is 0 Å². The fraction of sp³-hybridized carbons (Fsp3) is 0.615. The SMILES string of the molecule is CCn1ncnc1Cn1nnc(C(=O)OC(C)(C)C)c1C. The third-order valence-corrected chi connectivity index (χ3v) is 2.86. The van der Waals surface area contributed by atoms with Crippen molar-refractivity contribution >= 4 is 5.97 Å². The van der Waals surface area contributed by atoms with Crippen LogP contribution in [0.2, 0.25) is 0 Å². The van der Waals surface area contributed by atoms with Crippen molar-refractivity contribution in [3.63, 3.8) is 0 Å². The van der Waals surface area contributed by atoms with Crippen molar-refractivity contribution in [1.82, 2.24) is 29.8 Å². The van der Waals surface area contributed by atoms with Gasteiger partial charge in [0, 0.05) is 6.54 Å². The molecule has 0 aliphatic heterocycles. The summed E-state index contributed by atoms with van der Waals surface area (Å²) in [6.07, 6.45) is 1.50. The average Bonchev–Trinajstić information content (AvgIpc) is 2.95. The molecule has 0 bridgehead atoms. The Labute approximate surface area is 123 Å². The van der Waals surface area contributed by atoms with E-state index in [2.05, 4.69) is 20.4 Å². The molecule has 0 fully saturated rings. The Balaban J connectivity index is 2.19. The molecule has 8 heteroatoms. The smallest absolute Gasteiger partial charge is 0.361 e. The molecule has 2 heterocycles. The molecule has 0 spiro atoms. The van der Waals surface area contributed by atoms with Gasteiger partial charge >= 0.3 is 5.97 Å². The zero-order valence-corrected chi connectivity index (χ0v) is 13.0. The van der Waals surface area contributed by atoms with Crippen molar-refractivity contribution in [2.75, 3.05) is 0 Å². The Bertz CT molecular complexity index is 637. The molecule has 0 aliphatic carbocycles. The summed E-state index contributed by atoms with van der Waals surface area (Å²) in [5.41, 5.74) is 0.317. The summed E-state index contributed by atoms with van der Waals surface area (Å²) in [5, 5.41) is 12.0. The summed E-state index contributed by atoms with van der Waals surface area (Å²) >= 11 is 0. The number of aryl methyl sites for hydroxylation is 1. The molecule has 2 aromatic rings. The summed E-state index contributed by atoms with van der Waals surface area (Å²) < 4.78 is 8.70. The van der Waals surface area contributed by atoms with Gasteiger partial charge in [0.25, 0.3) is 0 Å². The highest BCUT2D eigenvalue weighted by molar-refractivity contribution is 5.88. The second-order valence-electron chi connectivity index (χ2n) is 5.68. The van der Waals surface area contributed by atoms with E-state index in [4.69, 9.17) is 4.74 Å². The summed E-state index contributed by atoms with van der Waals surface area (Å²) in [6, 6.07) is 0. The Morgan fingerprint density at radius 3 is 2.67 bits per heavy atom. The van der Waals surface area contributed by atoms with Crippen LogP contribution in [0.3, 0.4) is 0 Å². The molecule has 0 N–H and O–H groups in total. The molecule has 0 atom stereocenters. The summed E-state index contributed by atoms with van der Waals surface area (Å²) in [6.45, 7) is 10.3. The Hall–Kier alpha value is -2.25. The van der Waals surface area contributed by atoms with Gasteiger partial charge in [-0.15, -0.1) is 5.10 Å². The van der Waals surface area contributed by atoms with Crippen LogP contribution in [0, 0.1) is 6.92 Å². The van der Waals surface area contributed by atoms with Crippen LogP contribution < -0.4 is 0 Å². The van der Waals surface area contributed by atoms with E-state index < -0.39 is 11.6 Å². The Kier molecular flexibility index (Phi) is 4.06. The standard InChI is InChI=1S/C13H20N6O2/c1-6-18-10(14-8-15-18)7-19-9(2)11(16-17-19)12(20)21-13(3,4)5/h8H,6-7H2,1-5H3. The molecule has 2 aromatic heterocycles. The number of carbonyl (C=O) groups is 1. The van der Waals surface area contributed by atoms with Gasteiger partial charge in [-0.25, -0.2) is 19.1 Å². The number of carbonyl (C=O) groups excluding carboxylic acids is 1. The van der Waals surface area contributed by atoms with Gasteiger partial charge in [-0.1, -0.05) is 5.21 Å². The molecule has 0 radical (unpaired) electrons. The Morgan fingerprint density at radius 2 is 2.05 bits per heavy atom. The molecule has 0 unspecified atom stereocenters. The highest BCUT2D eigenvalue weighted by Crippen LogP contribution is 2.13. The van der Waals surface area contributed by atoms with Gasteiger partial charge in [0.15, 0.2) is 5.69 Å². The third kappa shape index (κ3) is 3.45. The predicted molar refractivity (Wildman–Crippen MR) is 74.7 cm³/mol. The fourth-order valence-electron chi connectivity index (χ4n) is 1.83. The lowest BCUT2D eigenvalue weighted by Gasteiger charge is -2.18. The number of nitrogens with zero attached hydrogens (tertiary/aromatic N) is 6. The first-order valence-corrected chi connectivity index (χ1v) is 6.82. The first kappa shape index (κ1) is 15.1. The number of hydrogen-bond donors (Lipinski definition) is 0. The summed E-state index contributed by atoms with van der Waals surface area (Å²) in [7, 11) is 0. The minimum Gasteiger partial charge on any atom is -0.455 e. The molecular formula is C13H20N6O2. The van der Waals surface area contributed by atoms with Gasteiger partial charge in [0.2, 0.25) is 0 Å². The molecule has 0 saturated carbocycles. The molecular weight excluding hydrogens is 272 g/mol. The highest BCUT2D eigenvalue weighted by Gasteiger charge is 2.23. The number of hydrogen-bond acceptors (Lipinski definition) is 6. The van der Waals surface area contributed by atoms with Crippen molar-refractivity contribution in [2.45, 2.75) is 53.3 Å². The zero-order chi connectivity index (χ0) is 15.6. The molecule has 0 aliphatic rings. The second kappa shape index (κ2) is 5.63. The maximum atomic E-state index is 12.0. The average molecular weight is 292 g/mol. The molecule has 8 nitrogen and oxygen atoms in total. The number of ether oxygens (including phenoxy) is 1. The van der Waals surface area contributed by atoms with Gasteiger partial charge in [-0.2, -0.15) is 5.10 Å². The van der Waals surface area contributed by atoms with E-state index in [9.17, 15) is 4.79 Å². The predicted octanol–water partition coefficient (Wildman–Crippen LogP) is 1.20. The van der Waals surface area contributed by atoms with E-state index in [1.165, 1.54) is 6.33 Å². The number of rotatable bonds is 4. The lowest BCUT2D eigenvalue weighted by molar-refractivity contribution is 0.00618. The zero-order valence-electron chi connectivity index (χ0n) is 13.0. The summed E-state index contributed by atoms with van der Waals surface area (Å²) in [5.74, 6) is 0.296. The highest BCUT2D eigenvalue weighted by atomic mass is 16.6. The molecule has 0 saturated heterocycles. The fourth-order valence-corrected chi connectivity index (χ4v) is 1.83. The van der Waals surface area contributed by atoms with Crippen molar-refractivity contribution in [3.05, 3.63) is 23.5 Å². The van der Waals surface area contributed by atoms with Gasteiger partial charge in [0.1, 0.15) is 24.3 Å². The second-order valence-corrected chi connectivity index (χ2v) is 5.68. The number of esters is 1. The molecule has 2 rings (SSSR count). The van der Waals surface area contributed by atoms with Gasteiger partial charge < -0.3 is 4.74 Å². The lowest BCUT2D eigenvalue weighted by atomic mass is 10.2. The van der Waals surface area contributed by atoms with Crippen molar-refractivity contribution < 1.29 is 9.53 Å². The normalized spacial score (nSPS) is 11.7. The quantitative estimate of drug-likeness (QED) is 0.787. The van der Waals surface area contributed by atoms with E-state index >= 15 is 0 Å². The number of aromatic nitrogens is 6. The van der Waals surface area contributed by atoms with Gasteiger partial charge in [-0.05, 0) is 34.6 Å². The molecule has 114 valence electrons. The topological polar surface area (TPSA) is 87.7 Å². The first-order valence-electron chi connectivity index (χ1n) is 6.82. The molecule has 0 aromatic carbocycles. The summed E-state index contributed by atoms with van der Waals surface area (Å²) in [4.78, 5) is 16.2. The maximum Gasteiger partial charge on any atom is 0.361 e. The molecule has 21 heavy (non-hydrogen) atoms. The van der Waals surface area contributed by atoms with Crippen LogP contribution in [0.4, 0.5) is 0 Å². The van der Waals surface area contributed by atoms with Crippen molar-refractivity contribution in [1.29, 1.82) is 0 Å². The minimum atomic E-state index is -0.560. The monoisotopic (exact) mass is 292 g/mol. The van der Waals surface area contributed by atoms with Crippen molar-refractivity contribution in [3.8, 4) is 0 Å². The van der Waals surface area contributed by atoms with E-state index in [0.717, 1.165) is 12.4 Å². The van der Waals surface area contributed by atoms with Crippen LogP contribution in [0.25, 0.3) is 0 Å². The van der Waals surface area contributed by atoms with Crippen LogP contribution in [-0.2, 0) is 17.8 Å². The van der Waals surface area contributed by atoms with Gasteiger partial charge in [0.05, 0.1) is 5.69 Å². The molecule has 0 amide bonds.